The van der Waals surface area contributed by atoms with E-state index >= 15 is 0 Å². The Hall–Kier alpha value is -2.15. The Morgan fingerprint density at radius 1 is 1.48 bits per heavy atom. The highest BCUT2D eigenvalue weighted by Crippen LogP contribution is 2.37. The maximum absolute atomic E-state index is 12.3. The van der Waals surface area contributed by atoms with Crippen LogP contribution in [0.3, 0.4) is 0 Å². The number of nitrogens with zero attached hydrogens (tertiary/aromatic N) is 2. The largest absolute Gasteiger partial charge is 0.347 e. The highest BCUT2D eigenvalue weighted by molar-refractivity contribution is 6.31. The number of nitrogens with one attached hydrogen (secondary N) is 1. The normalized spacial score (nSPS) is 26.3. The molecule has 0 bridgehead atoms. The molecule has 2 aliphatic rings. The summed E-state index contributed by atoms with van der Waals surface area (Å²) >= 11 is 5.83. The fourth-order valence-electron chi connectivity index (χ4n) is 3.00. The number of hydrogen-bond acceptors (Lipinski definition) is 4. The maximum Gasteiger partial charge on any atom is 0.282 e. The smallest absolute Gasteiger partial charge is 0.282 e. The van der Waals surface area contributed by atoms with E-state index in [1.54, 1.807) is 4.90 Å². The fourth-order valence-corrected chi connectivity index (χ4v) is 3.17. The van der Waals surface area contributed by atoms with E-state index in [2.05, 4.69) is 12.2 Å². The summed E-state index contributed by atoms with van der Waals surface area (Å²) in [6.07, 6.45) is 1.22. The van der Waals surface area contributed by atoms with Crippen LogP contribution in [0.2, 0.25) is 5.02 Å². The van der Waals surface area contributed by atoms with Gasteiger partial charge in [0.2, 0.25) is 5.91 Å². The number of rotatable bonds is 4. The Labute approximate surface area is 137 Å². The first kappa shape index (κ1) is 15.7. The van der Waals surface area contributed by atoms with E-state index in [9.17, 15) is 19.7 Å². The lowest BCUT2D eigenvalue weighted by atomic mass is 10.1. The second kappa shape index (κ2) is 5.81. The van der Waals surface area contributed by atoms with E-state index in [4.69, 9.17) is 11.6 Å². The predicted molar refractivity (Wildman–Crippen MR) is 83.3 cm³/mol. The predicted octanol–water partition coefficient (Wildman–Crippen LogP) is 1.99. The topological polar surface area (TPSA) is 92.6 Å². The lowest BCUT2D eigenvalue weighted by Gasteiger charge is -2.17. The molecule has 2 amide bonds. The van der Waals surface area contributed by atoms with Gasteiger partial charge in [-0.05, 0) is 24.5 Å². The van der Waals surface area contributed by atoms with E-state index < -0.39 is 10.8 Å². The minimum atomic E-state index is -0.622. The standard InChI is InChI=1S/C15H16ClN3O4/c1-8-4-13(8)18-7-10(6-14(18)20)17-15(21)11-5-9(16)2-3-12(11)19(22)23/h2-3,5,8,10,13H,4,6-7H2,1H3,(H,17,21)/t8-,10+,13-/m1/s1. The molecule has 0 radical (unpaired) electrons. The van der Waals surface area contributed by atoms with Crippen molar-refractivity contribution in [2.45, 2.75) is 31.8 Å². The van der Waals surface area contributed by atoms with Crippen molar-refractivity contribution in [1.82, 2.24) is 10.2 Å². The number of amides is 2. The Balaban J connectivity index is 1.72. The molecule has 1 N–H and O–H groups in total. The molecule has 3 atom stereocenters. The van der Waals surface area contributed by atoms with Crippen molar-refractivity contribution in [3.8, 4) is 0 Å². The van der Waals surface area contributed by atoms with Crippen molar-refractivity contribution in [3.63, 3.8) is 0 Å². The van der Waals surface area contributed by atoms with Crippen LogP contribution in [0.4, 0.5) is 5.69 Å². The van der Waals surface area contributed by atoms with Gasteiger partial charge in [-0.3, -0.25) is 19.7 Å². The Kier molecular flexibility index (Phi) is 3.97. The van der Waals surface area contributed by atoms with Gasteiger partial charge in [-0.1, -0.05) is 18.5 Å². The van der Waals surface area contributed by atoms with E-state index in [0.29, 0.717) is 12.5 Å². The van der Waals surface area contributed by atoms with Gasteiger partial charge in [0.15, 0.2) is 0 Å². The SMILES string of the molecule is C[C@@H]1C[C@H]1N1C[C@@H](NC(=O)c2cc(Cl)ccc2[N+](=O)[O-])CC1=O. The van der Waals surface area contributed by atoms with Crippen LogP contribution >= 0.6 is 11.6 Å². The van der Waals surface area contributed by atoms with Crippen LogP contribution in [-0.4, -0.2) is 40.3 Å². The number of likely N-dealkylation sites (tertiary alicyclic amines) is 1. The van der Waals surface area contributed by atoms with Crippen molar-refractivity contribution >= 4 is 29.1 Å². The molecule has 0 unspecified atom stereocenters. The summed E-state index contributed by atoms with van der Waals surface area (Å²) in [6.45, 7) is 2.53. The van der Waals surface area contributed by atoms with Crippen LogP contribution in [0.25, 0.3) is 0 Å². The van der Waals surface area contributed by atoms with Crippen molar-refractivity contribution in [3.05, 3.63) is 38.9 Å². The Morgan fingerprint density at radius 2 is 2.17 bits per heavy atom. The van der Waals surface area contributed by atoms with Gasteiger partial charge in [0.25, 0.3) is 11.6 Å². The second-order valence-electron chi connectivity index (χ2n) is 6.12. The summed E-state index contributed by atoms with van der Waals surface area (Å²) in [7, 11) is 0. The van der Waals surface area contributed by atoms with Crippen molar-refractivity contribution in [2.24, 2.45) is 5.92 Å². The van der Waals surface area contributed by atoms with E-state index in [-0.39, 0.29) is 40.7 Å². The molecule has 122 valence electrons. The molecule has 1 aliphatic heterocycles. The van der Waals surface area contributed by atoms with Gasteiger partial charge in [0, 0.05) is 30.1 Å². The summed E-state index contributed by atoms with van der Waals surface area (Å²) in [4.78, 5) is 36.5. The van der Waals surface area contributed by atoms with Crippen LogP contribution in [0.1, 0.15) is 30.1 Å². The molecular weight excluding hydrogens is 322 g/mol. The molecule has 1 saturated heterocycles. The molecule has 1 aliphatic carbocycles. The van der Waals surface area contributed by atoms with Crippen molar-refractivity contribution in [1.29, 1.82) is 0 Å². The average molecular weight is 338 g/mol. The number of halogens is 1. The Morgan fingerprint density at radius 3 is 2.78 bits per heavy atom. The number of carbonyl (C=O) groups is 2. The van der Waals surface area contributed by atoms with Gasteiger partial charge in [-0.25, -0.2) is 0 Å². The molecular formula is C15H16ClN3O4. The molecule has 0 spiro atoms. The lowest BCUT2D eigenvalue weighted by molar-refractivity contribution is -0.385. The summed E-state index contributed by atoms with van der Waals surface area (Å²) in [5.74, 6) is -0.0599. The molecule has 2 fully saturated rings. The summed E-state index contributed by atoms with van der Waals surface area (Å²) in [5, 5.41) is 14.0. The van der Waals surface area contributed by atoms with Gasteiger partial charge in [0.05, 0.1) is 11.0 Å². The van der Waals surface area contributed by atoms with Crippen molar-refractivity contribution in [2.75, 3.05) is 6.54 Å². The van der Waals surface area contributed by atoms with Crippen molar-refractivity contribution < 1.29 is 14.5 Å². The lowest BCUT2D eigenvalue weighted by Crippen LogP contribution is -2.38. The van der Waals surface area contributed by atoms with E-state index in [0.717, 1.165) is 6.42 Å². The van der Waals surface area contributed by atoms with Gasteiger partial charge in [-0.2, -0.15) is 0 Å². The number of carbonyl (C=O) groups excluding carboxylic acids is 2. The molecule has 3 rings (SSSR count). The molecule has 1 aromatic carbocycles. The maximum atomic E-state index is 12.3. The van der Waals surface area contributed by atoms with Gasteiger partial charge in [0.1, 0.15) is 5.56 Å². The van der Waals surface area contributed by atoms with E-state index in [1.165, 1.54) is 18.2 Å². The number of benzene rings is 1. The van der Waals surface area contributed by atoms with Crippen LogP contribution in [0.15, 0.2) is 18.2 Å². The minimum absolute atomic E-state index is 0.0187. The third kappa shape index (κ3) is 3.14. The molecule has 1 saturated carbocycles. The van der Waals surface area contributed by atoms with Gasteiger partial charge < -0.3 is 10.2 Å². The van der Waals surface area contributed by atoms with Gasteiger partial charge in [-0.15, -0.1) is 0 Å². The van der Waals surface area contributed by atoms with E-state index in [1.807, 2.05) is 0 Å². The first-order valence-electron chi connectivity index (χ1n) is 7.41. The second-order valence-corrected chi connectivity index (χ2v) is 6.56. The summed E-state index contributed by atoms with van der Waals surface area (Å²) < 4.78 is 0. The van der Waals surface area contributed by atoms with Crippen LogP contribution in [0.5, 0.6) is 0 Å². The van der Waals surface area contributed by atoms with Crippen LogP contribution in [0, 0.1) is 16.0 Å². The monoisotopic (exact) mass is 337 g/mol. The zero-order valence-electron chi connectivity index (χ0n) is 12.5. The summed E-state index contributed by atoms with van der Waals surface area (Å²) in [5.41, 5.74) is -0.392. The Bertz CT molecular complexity index is 693. The highest BCUT2D eigenvalue weighted by atomic mass is 35.5. The number of nitro benzene ring substituents is 1. The third-order valence-electron chi connectivity index (χ3n) is 4.36. The quantitative estimate of drug-likeness (QED) is 0.671. The zero-order valence-corrected chi connectivity index (χ0v) is 13.2. The summed E-state index contributed by atoms with van der Waals surface area (Å²) in [6, 6.07) is 3.78. The molecule has 23 heavy (non-hydrogen) atoms. The van der Waals surface area contributed by atoms with Gasteiger partial charge >= 0.3 is 0 Å². The molecule has 7 nitrogen and oxygen atoms in total. The average Bonchev–Trinajstić information content (AvgIpc) is 3.09. The first-order chi connectivity index (χ1) is 10.9. The number of hydrogen-bond donors (Lipinski definition) is 1. The molecule has 1 aromatic rings. The number of nitro groups is 1. The highest BCUT2D eigenvalue weighted by Gasteiger charge is 2.45. The minimum Gasteiger partial charge on any atom is -0.347 e. The fraction of sp³-hybridized carbons (Fsp3) is 0.467. The first-order valence-corrected chi connectivity index (χ1v) is 7.79. The molecule has 1 heterocycles. The molecule has 8 heteroatoms. The molecule has 0 aromatic heterocycles. The van der Waals surface area contributed by atoms with Crippen LogP contribution < -0.4 is 5.32 Å². The van der Waals surface area contributed by atoms with Crippen LogP contribution in [-0.2, 0) is 4.79 Å². The third-order valence-corrected chi connectivity index (χ3v) is 4.60. The zero-order chi connectivity index (χ0) is 16.7.